The van der Waals surface area contributed by atoms with Crippen molar-refractivity contribution in [3.63, 3.8) is 0 Å². The van der Waals surface area contributed by atoms with E-state index in [-0.39, 0.29) is 5.91 Å². The highest BCUT2D eigenvalue weighted by Gasteiger charge is 2.31. The molecule has 1 aromatic rings. The van der Waals surface area contributed by atoms with Crippen LogP contribution in [0.4, 0.5) is 5.69 Å². The fourth-order valence-electron chi connectivity index (χ4n) is 2.74. The molecule has 0 spiro atoms. The fourth-order valence-corrected chi connectivity index (χ4v) is 2.74. The van der Waals surface area contributed by atoms with Crippen molar-refractivity contribution in [3.8, 4) is 0 Å². The zero-order valence-electron chi connectivity index (χ0n) is 11.5. The van der Waals surface area contributed by atoms with Gasteiger partial charge in [0.15, 0.2) is 0 Å². The lowest BCUT2D eigenvalue weighted by atomic mass is 10.0. The van der Waals surface area contributed by atoms with Crippen LogP contribution >= 0.6 is 0 Å². The quantitative estimate of drug-likeness (QED) is 0.884. The maximum Gasteiger partial charge on any atom is 0.228 e. The number of likely N-dealkylation sites (N-methyl/N-ethyl adjacent to an activating group) is 1. The standard InChI is InChI=1S/C15H22N2O/c1-4-12-8-6-7-11(3)15(12)17-10-13(16-5-2)9-14(17)18/h6-8,13,16H,4-5,9-10H2,1-3H3. The van der Waals surface area contributed by atoms with E-state index in [1.165, 1.54) is 11.1 Å². The Morgan fingerprint density at radius 2 is 2.17 bits per heavy atom. The Morgan fingerprint density at radius 3 is 2.83 bits per heavy atom. The number of hydrogen-bond donors (Lipinski definition) is 1. The molecular weight excluding hydrogens is 224 g/mol. The second kappa shape index (κ2) is 5.53. The van der Waals surface area contributed by atoms with E-state index in [0.717, 1.165) is 25.2 Å². The molecule has 0 radical (unpaired) electrons. The topological polar surface area (TPSA) is 32.3 Å². The molecule has 2 rings (SSSR count). The Kier molecular flexibility index (Phi) is 4.02. The molecule has 1 aromatic carbocycles. The Hall–Kier alpha value is -1.35. The number of rotatable bonds is 4. The van der Waals surface area contributed by atoms with Crippen molar-refractivity contribution in [2.45, 2.75) is 39.7 Å². The van der Waals surface area contributed by atoms with E-state index in [4.69, 9.17) is 0 Å². The monoisotopic (exact) mass is 246 g/mol. The number of benzene rings is 1. The van der Waals surface area contributed by atoms with Gasteiger partial charge in [-0.25, -0.2) is 0 Å². The number of hydrogen-bond acceptors (Lipinski definition) is 2. The molecule has 0 bridgehead atoms. The van der Waals surface area contributed by atoms with Crippen LogP contribution in [0.5, 0.6) is 0 Å². The highest BCUT2D eigenvalue weighted by atomic mass is 16.2. The minimum Gasteiger partial charge on any atom is -0.312 e. The molecule has 1 unspecified atom stereocenters. The molecule has 1 aliphatic rings. The first-order valence-electron chi connectivity index (χ1n) is 6.79. The van der Waals surface area contributed by atoms with E-state index in [1.807, 2.05) is 4.90 Å². The molecule has 1 amide bonds. The molecule has 1 saturated heterocycles. The van der Waals surface area contributed by atoms with Crippen LogP contribution in [-0.2, 0) is 11.2 Å². The van der Waals surface area contributed by atoms with Crippen LogP contribution in [0.25, 0.3) is 0 Å². The summed E-state index contributed by atoms with van der Waals surface area (Å²) >= 11 is 0. The predicted octanol–water partition coefficient (Wildman–Crippen LogP) is 2.27. The molecule has 1 aliphatic heterocycles. The molecule has 3 nitrogen and oxygen atoms in total. The number of anilines is 1. The Balaban J connectivity index is 2.29. The summed E-state index contributed by atoms with van der Waals surface area (Å²) < 4.78 is 0. The Morgan fingerprint density at radius 1 is 1.39 bits per heavy atom. The minimum atomic E-state index is 0.241. The number of carbonyl (C=O) groups excluding carboxylic acids is 1. The summed E-state index contributed by atoms with van der Waals surface area (Å²) in [5.74, 6) is 0.241. The molecule has 0 aliphatic carbocycles. The largest absolute Gasteiger partial charge is 0.312 e. The van der Waals surface area contributed by atoms with Crippen LogP contribution < -0.4 is 10.2 Å². The number of carbonyl (C=O) groups is 1. The van der Waals surface area contributed by atoms with Crippen molar-refractivity contribution in [2.75, 3.05) is 18.0 Å². The third-order valence-corrected chi connectivity index (χ3v) is 3.59. The number of aryl methyl sites for hydroxylation is 2. The molecule has 1 atom stereocenters. The van der Waals surface area contributed by atoms with Crippen LogP contribution in [-0.4, -0.2) is 25.0 Å². The van der Waals surface area contributed by atoms with E-state index in [1.54, 1.807) is 0 Å². The summed E-state index contributed by atoms with van der Waals surface area (Å²) in [6.07, 6.45) is 1.58. The van der Waals surface area contributed by atoms with E-state index < -0.39 is 0 Å². The van der Waals surface area contributed by atoms with Gasteiger partial charge >= 0.3 is 0 Å². The van der Waals surface area contributed by atoms with Gasteiger partial charge in [-0.1, -0.05) is 32.0 Å². The van der Waals surface area contributed by atoms with Crippen molar-refractivity contribution in [1.29, 1.82) is 0 Å². The lowest BCUT2D eigenvalue weighted by Crippen LogP contribution is -2.33. The average molecular weight is 246 g/mol. The number of nitrogens with one attached hydrogen (secondary N) is 1. The third-order valence-electron chi connectivity index (χ3n) is 3.59. The first kappa shape index (κ1) is 13.1. The van der Waals surface area contributed by atoms with Crippen LogP contribution in [0.3, 0.4) is 0 Å². The van der Waals surface area contributed by atoms with Crippen molar-refractivity contribution in [1.82, 2.24) is 5.32 Å². The zero-order chi connectivity index (χ0) is 13.1. The lowest BCUT2D eigenvalue weighted by molar-refractivity contribution is -0.117. The molecule has 98 valence electrons. The van der Waals surface area contributed by atoms with E-state index in [0.29, 0.717) is 12.5 Å². The van der Waals surface area contributed by atoms with Gasteiger partial charge in [-0.3, -0.25) is 4.79 Å². The molecular formula is C15H22N2O. The van der Waals surface area contributed by atoms with Gasteiger partial charge in [0.1, 0.15) is 0 Å². The van der Waals surface area contributed by atoms with Gasteiger partial charge in [0.2, 0.25) is 5.91 Å². The van der Waals surface area contributed by atoms with Crippen LogP contribution in [0.15, 0.2) is 18.2 Å². The van der Waals surface area contributed by atoms with Gasteiger partial charge in [0, 0.05) is 24.7 Å². The number of amides is 1. The van der Waals surface area contributed by atoms with E-state index in [2.05, 4.69) is 44.3 Å². The second-order valence-corrected chi connectivity index (χ2v) is 4.90. The molecule has 1 fully saturated rings. The van der Waals surface area contributed by atoms with Gasteiger partial charge in [-0.05, 0) is 31.0 Å². The minimum absolute atomic E-state index is 0.241. The molecule has 1 N–H and O–H groups in total. The van der Waals surface area contributed by atoms with Gasteiger partial charge in [0.25, 0.3) is 0 Å². The van der Waals surface area contributed by atoms with Crippen molar-refractivity contribution < 1.29 is 4.79 Å². The highest BCUT2D eigenvalue weighted by molar-refractivity contribution is 5.97. The SMILES string of the molecule is CCNC1CC(=O)N(c2c(C)cccc2CC)C1. The van der Waals surface area contributed by atoms with Gasteiger partial charge in [-0.15, -0.1) is 0 Å². The van der Waals surface area contributed by atoms with E-state index >= 15 is 0 Å². The average Bonchev–Trinajstić information content (AvgIpc) is 2.70. The van der Waals surface area contributed by atoms with Crippen LogP contribution in [0.2, 0.25) is 0 Å². The first-order valence-corrected chi connectivity index (χ1v) is 6.79. The second-order valence-electron chi connectivity index (χ2n) is 4.90. The highest BCUT2D eigenvalue weighted by Crippen LogP contribution is 2.29. The predicted molar refractivity (Wildman–Crippen MR) is 75.0 cm³/mol. The fraction of sp³-hybridized carbons (Fsp3) is 0.533. The Bertz CT molecular complexity index is 442. The molecule has 18 heavy (non-hydrogen) atoms. The normalized spacial score (nSPS) is 19.6. The summed E-state index contributed by atoms with van der Waals surface area (Å²) in [6, 6.07) is 6.57. The van der Waals surface area contributed by atoms with Gasteiger partial charge in [-0.2, -0.15) is 0 Å². The maximum atomic E-state index is 12.2. The van der Waals surface area contributed by atoms with Crippen LogP contribution in [0.1, 0.15) is 31.4 Å². The zero-order valence-corrected chi connectivity index (χ0v) is 11.5. The van der Waals surface area contributed by atoms with Gasteiger partial charge < -0.3 is 10.2 Å². The number of nitrogens with zero attached hydrogens (tertiary/aromatic N) is 1. The maximum absolute atomic E-state index is 12.2. The molecule has 3 heteroatoms. The van der Waals surface area contributed by atoms with Gasteiger partial charge in [0.05, 0.1) is 0 Å². The summed E-state index contributed by atoms with van der Waals surface area (Å²) in [5.41, 5.74) is 3.59. The smallest absolute Gasteiger partial charge is 0.228 e. The first-order chi connectivity index (χ1) is 8.67. The third kappa shape index (κ3) is 2.41. The van der Waals surface area contributed by atoms with Crippen molar-refractivity contribution >= 4 is 11.6 Å². The van der Waals surface area contributed by atoms with Crippen molar-refractivity contribution in [3.05, 3.63) is 29.3 Å². The lowest BCUT2D eigenvalue weighted by Gasteiger charge is -2.22. The number of para-hydroxylation sites is 1. The molecule has 0 saturated carbocycles. The molecule has 1 heterocycles. The Labute approximate surface area is 109 Å². The summed E-state index contributed by atoms with van der Waals surface area (Å²) in [6.45, 7) is 8.02. The summed E-state index contributed by atoms with van der Waals surface area (Å²) in [5, 5.41) is 3.37. The summed E-state index contributed by atoms with van der Waals surface area (Å²) in [7, 11) is 0. The molecule has 0 aromatic heterocycles. The van der Waals surface area contributed by atoms with E-state index in [9.17, 15) is 4.79 Å². The summed E-state index contributed by atoms with van der Waals surface area (Å²) in [4.78, 5) is 14.1. The van der Waals surface area contributed by atoms with Crippen molar-refractivity contribution in [2.24, 2.45) is 0 Å². The van der Waals surface area contributed by atoms with Crippen LogP contribution in [0, 0.1) is 6.92 Å².